The Kier molecular flexibility index (Phi) is 9.63. The lowest BCUT2D eigenvalue weighted by Gasteiger charge is -2.18. The zero-order chi connectivity index (χ0) is 15.5. The van der Waals surface area contributed by atoms with E-state index in [4.69, 9.17) is 15.3 Å². The second-order valence-corrected chi connectivity index (χ2v) is 4.37. The lowest BCUT2D eigenvalue weighted by molar-refractivity contribution is 0.0450. The van der Waals surface area contributed by atoms with Crippen LogP contribution in [0.5, 0.6) is 0 Å². The van der Waals surface area contributed by atoms with E-state index in [1.165, 1.54) is 0 Å². The van der Waals surface area contributed by atoms with Gasteiger partial charge in [-0.15, -0.1) is 0 Å². The number of nitrogens with zero attached hydrogens (tertiary/aromatic N) is 1. The summed E-state index contributed by atoms with van der Waals surface area (Å²) in [6, 6.07) is 7.72. The summed E-state index contributed by atoms with van der Waals surface area (Å²) in [5.41, 5.74) is 1.91. The fraction of sp³-hybridized carbons (Fsp3) is 0.533. The summed E-state index contributed by atoms with van der Waals surface area (Å²) in [6.45, 7) is 6.80. The lowest BCUT2D eigenvalue weighted by Crippen LogP contribution is -2.30. The van der Waals surface area contributed by atoms with E-state index < -0.39 is 6.10 Å². The van der Waals surface area contributed by atoms with Crippen LogP contribution in [-0.4, -0.2) is 58.5 Å². The maximum absolute atomic E-state index is 11.9. The first-order valence-electron chi connectivity index (χ1n) is 6.75. The third kappa shape index (κ3) is 6.65. The van der Waals surface area contributed by atoms with Crippen LogP contribution in [0, 0.1) is 6.92 Å². The number of hydrogen-bond acceptors (Lipinski definition) is 4. The van der Waals surface area contributed by atoms with Gasteiger partial charge >= 0.3 is 0 Å². The van der Waals surface area contributed by atoms with Crippen LogP contribution in [0.2, 0.25) is 0 Å². The Labute approximate surface area is 120 Å². The van der Waals surface area contributed by atoms with Crippen LogP contribution < -0.4 is 0 Å². The molecule has 1 amide bonds. The van der Waals surface area contributed by atoms with Crippen molar-refractivity contribution in [3.63, 3.8) is 0 Å². The van der Waals surface area contributed by atoms with Gasteiger partial charge in [0.05, 0.1) is 13.2 Å². The molecule has 0 aliphatic heterocycles. The Morgan fingerprint density at radius 1 is 1.20 bits per heavy atom. The molecule has 5 nitrogen and oxygen atoms in total. The topological polar surface area (TPSA) is 81.0 Å². The Balaban J connectivity index is 0.000000511. The van der Waals surface area contributed by atoms with Gasteiger partial charge in [0, 0.05) is 18.7 Å². The summed E-state index contributed by atoms with van der Waals surface area (Å²) in [5.74, 6) is 0.124. The van der Waals surface area contributed by atoms with Gasteiger partial charge in [-0.1, -0.05) is 17.7 Å². The van der Waals surface area contributed by atoms with Gasteiger partial charge in [0.1, 0.15) is 6.10 Å². The highest BCUT2D eigenvalue weighted by Gasteiger charge is 2.11. The predicted octanol–water partition coefficient (Wildman–Crippen LogP) is 0.809. The van der Waals surface area contributed by atoms with Crippen molar-refractivity contribution < 1.29 is 20.1 Å². The van der Waals surface area contributed by atoms with Crippen molar-refractivity contribution in [3.05, 3.63) is 35.4 Å². The quantitative estimate of drug-likeness (QED) is 0.747. The highest BCUT2D eigenvalue weighted by Crippen LogP contribution is 2.07. The molecule has 0 atom stereocenters. The Morgan fingerprint density at radius 2 is 1.75 bits per heavy atom. The van der Waals surface area contributed by atoms with Crippen molar-refractivity contribution in [1.82, 2.24) is 4.90 Å². The summed E-state index contributed by atoms with van der Waals surface area (Å²) >= 11 is 0. The first-order chi connectivity index (χ1) is 9.49. The molecule has 0 heterocycles. The molecule has 0 aliphatic rings. The average molecular weight is 283 g/mol. The molecule has 0 saturated carbocycles. The van der Waals surface area contributed by atoms with Crippen molar-refractivity contribution >= 4 is 5.91 Å². The Morgan fingerprint density at radius 3 is 2.10 bits per heavy atom. The molecule has 0 aromatic heterocycles. The molecule has 114 valence electrons. The van der Waals surface area contributed by atoms with Crippen molar-refractivity contribution in [2.24, 2.45) is 0 Å². The number of aliphatic hydroxyl groups excluding tert-OH is 3. The first-order valence-corrected chi connectivity index (χ1v) is 6.75. The van der Waals surface area contributed by atoms with Crippen LogP contribution in [-0.2, 0) is 0 Å². The minimum atomic E-state index is -0.954. The van der Waals surface area contributed by atoms with E-state index in [2.05, 4.69) is 0 Å². The number of carbonyl (C=O) groups is 1. The normalized spacial score (nSPS) is 9.95. The van der Waals surface area contributed by atoms with Gasteiger partial charge < -0.3 is 20.2 Å². The third-order valence-electron chi connectivity index (χ3n) is 2.74. The summed E-state index contributed by atoms with van der Waals surface area (Å²) < 4.78 is 0. The van der Waals surface area contributed by atoms with Crippen molar-refractivity contribution in [2.45, 2.75) is 26.9 Å². The van der Waals surface area contributed by atoms with E-state index in [1.54, 1.807) is 0 Å². The molecule has 0 spiro atoms. The number of hydrogen-bond donors (Lipinski definition) is 3. The van der Waals surface area contributed by atoms with Crippen molar-refractivity contribution in [2.75, 3.05) is 26.3 Å². The van der Waals surface area contributed by atoms with Crippen LogP contribution in [0.4, 0.5) is 0 Å². The fourth-order valence-corrected chi connectivity index (χ4v) is 1.53. The monoisotopic (exact) mass is 283 g/mol. The van der Waals surface area contributed by atoms with E-state index in [9.17, 15) is 4.79 Å². The molecule has 0 unspecified atom stereocenters. The second kappa shape index (κ2) is 10.4. The van der Waals surface area contributed by atoms with Crippen LogP contribution in [0.1, 0.15) is 29.8 Å². The van der Waals surface area contributed by atoms with Gasteiger partial charge in [0.2, 0.25) is 0 Å². The molecule has 1 aromatic carbocycles. The molecule has 1 rings (SSSR count). The molecule has 0 bridgehead atoms. The molecule has 0 radical (unpaired) electrons. The predicted molar refractivity (Wildman–Crippen MR) is 78.6 cm³/mol. The van der Waals surface area contributed by atoms with Crippen LogP contribution in [0.25, 0.3) is 0 Å². The first kappa shape index (κ1) is 18.6. The summed E-state index contributed by atoms with van der Waals surface area (Å²) in [4.78, 5) is 13.7. The highest BCUT2D eigenvalue weighted by molar-refractivity contribution is 5.94. The zero-order valence-electron chi connectivity index (χ0n) is 12.4. The summed E-state index contributed by atoms with van der Waals surface area (Å²) in [7, 11) is 0. The van der Waals surface area contributed by atoms with Crippen LogP contribution in [0.3, 0.4) is 0 Å². The molecule has 5 heteroatoms. The van der Waals surface area contributed by atoms with E-state index >= 15 is 0 Å². The van der Waals surface area contributed by atoms with Gasteiger partial charge in [-0.05, 0) is 32.9 Å². The minimum absolute atomic E-state index is 0.124. The Hall–Kier alpha value is -1.43. The molecule has 0 aliphatic carbocycles. The minimum Gasteiger partial charge on any atom is -0.394 e. The maximum Gasteiger partial charge on any atom is 0.253 e. The number of amides is 1. The fourth-order valence-electron chi connectivity index (χ4n) is 1.53. The lowest BCUT2D eigenvalue weighted by atomic mass is 10.1. The summed E-state index contributed by atoms with van der Waals surface area (Å²) in [6.07, 6.45) is -0.954. The van der Waals surface area contributed by atoms with E-state index in [-0.39, 0.29) is 19.1 Å². The molecular weight excluding hydrogens is 258 g/mol. The maximum atomic E-state index is 11.9. The van der Waals surface area contributed by atoms with Gasteiger partial charge in [-0.2, -0.15) is 0 Å². The van der Waals surface area contributed by atoms with E-state index in [1.807, 2.05) is 49.9 Å². The number of aliphatic hydroxyl groups is 3. The third-order valence-corrected chi connectivity index (χ3v) is 2.74. The largest absolute Gasteiger partial charge is 0.394 e. The highest BCUT2D eigenvalue weighted by atomic mass is 16.3. The van der Waals surface area contributed by atoms with Crippen molar-refractivity contribution in [3.8, 4) is 0 Å². The van der Waals surface area contributed by atoms with Gasteiger partial charge in [-0.3, -0.25) is 4.79 Å². The molecular formula is C15H25NO4. The van der Waals surface area contributed by atoms with Gasteiger partial charge in [0.25, 0.3) is 5.91 Å². The van der Waals surface area contributed by atoms with Gasteiger partial charge in [0.15, 0.2) is 0 Å². The number of carbonyl (C=O) groups excluding carboxylic acids is 1. The molecule has 3 N–H and O–H groups in total. The van der Waals surface area contributed by atoms with Crippen LogP contribution >= 0.6 is 0 Å². The summed E-state index contributed by atoms with van der Waals surface area (Å²) in [5, 5.41) is 24.0. The second-order valence-electron chi connectivity index (χ2n) is 4.37. The number of aryl methyl sites for hydroxylation is 1. The smallest absolute Gasteiger partial charge is 0.253 e. The molecule has 20 heavy (non-hydrogen) atoms. The SMILES string of the molecule is CCN(CC)C(=O)c1cccc(C)c1.OCC(O)CO. The molecule has 0 saturated heterocycles. The molecule has 1 aromatic rings. The zero-order valence-corrected chi connectivity index (χ0v) is 12.4. The average Bonchev–Trinajstić information content (AvgIpc) is 2.48. The standard InChI is InChI=1S/C12H17NO.C3H8O3/c1-4-13(5-2)12(14)11-8-6-7-10(3)9-11;4-1-3(6)2-5/h6-9H,4-5H2,1-3H3;3-6H,1-2H2. The number of rotatable bonds is 5. The van der Waals surface area contributed by atoms with Crippen molar-refractivity contribution in [1.29, 1.82) is 0 Å². The van der Waals surface area contributed by atoms with E-state index in [0.29, 0.717) is 0 Å². The van der Waals surface area contributed by atoms with E-state index in [0.717, 1.165) is 24.2 Å². The molecule has 0 fully saturated rings. The van der Waals surface area contributed by atoms with Gasteiger partial charge in [-0.25, -0.2) is 0 Å². The Bertz CT molecular complexity index is 387. The number of benzene rings is 1. The van der Waals surface area contributed by atoms with Crippen LogP contribution in [0.15, 0.2) is 24.3 Å².